The lowest BCUT2D eigenvalue weighted by Gasteiger charge is -2.31. The number of hydrogen-bond donors (Lipinski definition) is 2. The van der Waals surface area contributed by atoms with E-state index >= 15 is 0 Å². The quantitative estimate of drug-likeness (QED) is 0.876. The number of nitrogens with one attached hydrogen (secondary N) is 2. The number of amides is 3. The highest BCUT2D eigenvalue weighted by molar-refractivity contribution is 5.93. The summed E-state index contributed by atoms with van der Waals surface area (Å²) in [6.45, 7) is 4.56. The highest BCUT2D eigenvalue weighted by Gasteiger charge is 2.25. The number of furan rings is 1. The number of nitrogens with zero attached hydrogens (tertiary/aromatic N) is 1. The van der Waals surface area contributed by atoms with Crippen LogP contribution >= 0.6 is 0 Å². The van der Waals surface area contributed by atoms with Gasteiger partial charge >= 0.3 is 6.09 Å². The van der Waals surface area contributed by atoms with Gasteiger partial charge in [-0.25, -0.2) is 4.79 Å². The van der Waals surface area contributed by atoms with E-state index in [0.29, 0.717) is 32.5 Å². The van der Waals surface area contributed by atoms with Crippen molar-refractivity contribution in [3.63, 3.8) is 0 Å². The van der Waals surface area contributed by atoms with Crippen molar-refractivity contribution in [3.8, 4) is 0 Å². The molecule has 8 nitrogen and oxygen atoms in total. The molecule has 1 aromatic rings. The minimum Gasteiger partial charge on any atom is -0.450 e. The molecule has 1 aromatic heterocycles. The molecule has 0 spiro atoms. The average Bonchev–Trinajstić information content (AvgIpc) is 2.96. The second-order valence-corrected chi connectivity index (χ2v) is 5.28. The Morgan fingerprint density at radius 3 is 2.61 bits per heavy atom. The molecule has 1 saturated heterocycles. The Kier molecular flexibility index (Phi) is 5.61. The highest BCUT2D eigenvalue weighted by atomic mass is 16.6. The van der Waals surface area contributed by atoms with Crippen LogP contribution in [-0.2, 0) is 9.53 Å². The van der Waals surface area contributed by atoms with E-state index in [1.165, 1.54) is 19.1 Å². The van der Waals surface area contributed by atoms with Crippen LogP contribution in [0.5, 0.6) is 0 Å². The molecule has 1 aliphatic rings. The van der Waals surface area contributed by atoms with Crippen molar-refractivity contribution >= 4 is 23.8 Å². The largest absolute Gasteiger partial charge is 0.450 e. The molecule has 2 N–H and O–H groups in total. The third-order valence-corrected chi connectivity index (χ3v) is 3.49. The van der Waals surface area contributed by atoms with Crippen molar-refractivity contribution in [2.75, 3.05) is 25.0 Å². The first-order chi connectivity index (χ1) is 11.0. The van der Waals surface area contributed by atoms with Gasteiger partial charge in [0.05, 0.1) is 6.61 Å². The van der Waals surface area contributed by atoms with Gasteiger partial charge in [-0.3, -0.25) is 14.9 Å². The maximum absolute atomic E-state index is 12.1. The SMILES string of the molecule is CCOC(=O)N1CCC(NC(=O)c2ccc(NC(C)=O)o2)CC1. The van der Waals surface area contributed by atoms with Crippen LogP contribution in [0.2, 0.25) is 0 Å². The van der Waals surface area contributed by atoms with Crippen LogP contribution in [0, 0.1) is 0 Å². The molecule has 0 aliphatic carbocycles. The lowest BCUT2D eigenvalue weighted by Crippen LogP contribution is -2.46. The van der Waals surface area contributed by atoms with Crippen molar-refractivity contribution in [3.05, 3.63) is 17.9 Å². The van der Waals surface area contributed by atoms with Gasteiger partial charge in [0.25, 0.3) is 5.91 Å². The number of carbonyl (C=O) groups excluding carboxylic acids is 3. The molecule has 0 atom stereocenters. The number of piperidine rings is 1. The summed E-state index contributed by atoms with van der Waals surface area (Å²) in [5.74, 6) is -0.227. The summed E-state index contributed by atoms with van der Waals surface area (Å²) in [4.78, 5) is 36.3. The van der Waals surface area contributed by atoms with E-state index in [-0.39, 0.29) is 35.6 Å². The van der Waals surface area contributed by atoms with Crippen LogP contribution in [-0.4, -0.2) is 48.5 Å². The van der Waals surface area contributed by atoms with E-state index in [1.807, 2.05) is 0 Å². The molecule has 1 fully saturated rings. The van der Waals surface area contributed by atoms with E-state index < -0.39 is 0 Å². The van der Waals surface area contributed by atoms with Crippen LogP contribution in [0.15, 0.2) is 16.5 Å². The number of hydrogen-bond acceptors (Lipinski definition) is 5. The van der Waals surface area contributed by atoms with Gasteiger partial charge in [-0.2, -0.15) is 0 Å². The number of ether oxygens (including phenoxy) is 1. The topological polar surface area (TPSA) is 101 Å². The molecular formula is C15H21N3O5. The molecule has 8 heteroatoms. The normalized spacial score (nSPS) is 15.1. The van der Waals surface area contributed by atoms with Crippen LogP contribution < -0.4 is 10.6 Å². The molecule has 2 heterocycles. The molecular weight excluding hydrogens is 302 g/mol. The third-order valence-electron chi connectivity index (χ3n) is 3.49. The lowest BCUT2D eigenvalue weighted by molar-refractivity contribution is -0.114. The van der Waals surface area contributed by atoms with Crippen LogP contribution in [0.1, 0.15) is 37.2 Å². The van der Waals surface area contributed by atoms with Gasteiger partial charge in [-0.15, -0.1) is 0 Å². The van der Waals surface area contributed by atoms with Gasteiger partial charge < -0.3 is 19.4 Å². The molecule has 23 heavy (non-hydrogen) atoms. The highest BCUT2D eigenvalue weighted by Crippen LogP contribution is 2.15. The van der Waals surface area contributed by atoms with Crippen molar-refractivity contribution in [1.82, 2.24) is 10.2 Å². The van der Waals surface area contributed by atoms with Crippen LogP contribution in [0.4, 0.5) is 10.7 Å². The van der Waals surface area contributed by atoms with E-state index in [0.717, 1.165) is 0 Å². The molecule has 3 amide bonds. The molecule has 0 saturated carbocycles. The summed E-state index contributed by atoms with van der Waals surface area (Å²) >= 11 is 0. The third kappa shape index (κ3) is 4.73. The fourth-order valence-electron chi connectivity index (χ4n) is 2.38. The molecule has 2 rings (SSSR count). The monoisotopic (exact) mass is 323 g/mol. The Labute approximate surface area is 134 Å². The standard InChI is InChI=1S/C15H21N3O5/c1-3-22-15(21)18-8-6-11(7-9-18)17-14(20)12-4-5-13(23-12)16-10(2)19/h4-5,11H,3,6-9H2,1-2H3,(H,16,19)(H,17,20). The fourth-order valence-corrected chi connectivity index (χ4v) is 2.38. The van der Waals surface area contributed by atoms with Crippen molar-refractivity contribution in [2.45, 2.75) is 32.7 Å². The summed E-state index contributed by atoms with van der Waals surface area (Å²) in [6.07, 6.45) is 0.997. The summed E-state index contributed by atoms with van der Waals surface area (Å²) < 4.78 is 10.2. The first-order valence-corrected chi connectivity index (χ1v) is 7.59. The average molecular weight is 323 g/mol. The van der Waals surface area contributed by atoms with Crippen molar-refractivity contribution in [1.29, 1.82) is 0 Å². The smallest absolute Gasteiger partial charge is 0.409 e. The first kappa shape index (κ1) is 16.9. The maximum Gasteiger partial charge on any atom is 0.409 e. The Morgan fingerprint density at radius 2 is 2.00 bits per heavy atom. The predicted molar refractivity (Wildman–Crippen MR) is 82.1 cm³/mol. The van der Waals surface area contributed by atoms with Gasteiger partial charge in [0.2, 0.25) is 5.91 Å². The molecule has 0 aromatic carbocycles. The predicted octanol–water partition coefficient (Wildman–Crippen LogP) is 1.59. The van der Waals surface area contributed by atoms with Crippen LogP contribution in [0.3, 0.4) is 0 Å². The summed E-state index contributed by atoms with van der Waals surface area (Å²) in [5, 5.41) is 5.34. The van der Waals surface area contributed by atoms with E-state index in [1.54, 1.807) is 11.8 Å². The van der Waals surface area contributed by atoms with E-state index in [9.17, 15) is 14.4 Å². The minimum atomic E-state index is -0.337. The first-order valence-electron chi connectivity index (χ1n) is 7.59. The number of likely N-dealkylation sites (tertiary alicyclic amines) is 1. The van der Waals surface area contributed by atoms with Gasteiger partial charge in [-0.1, -0.05) is 0 Å². The number of rotatable bonds is 4. The zero-order valence-corrected chi connectivity index (χ0v) is 13.3. The zero-order valence-electron chi connectivity index (χ0n) is 13.3. The van der Waals surface area contributed by atoms with E-state index in [2.05, 4.69) is 10.6 Å². The molecule has 0 bridgehead atoms. The Bertz CT molecular complexity index is 575. The van der Waals surface area contributed by atoms with Gasteiger partial charge in [0.15, 0.2) is 11.6 Å². The second kappa shape index (κ2) is 7.66. The van der Waals surface area contributed by atoms with Gasteiger partial charge in [-0.05, 0) is 25.8 Å². The Morgan fingerprint density at radius 1 is 1.30 bits per heavy atom. The summed E-state index contributed by atoms with van der Waals surface area (Å²) in [6, 6.07) is 3.01. The lowest BCUT2D eigenvalue weighted by atomic mass is 10.1. The van der Waals surface area contributed by atoms with Crippen molar-refractivity contribution in [2.24, 2.45) is 0 Å². The number of anilines is 1. The van der Waals surface area contributed by atoms with E-state index in [4.69, 9.17) is 9.15 Å². The summed E-state index contributed by atoms with van der Waals surface area (Å²) in [5.41, 5.74) is 0. The van der Waals surface area contributed by atoms with Crippen molar-refractivity contribution < 1.29 is 23.5 Å². The van der Waals surface area contributed by atoms with Gasteiger partial charge in [0, 0.05) is 32.1 Å². The van der Waals surface area contributed by atoms with Gasteiger partial charge in [0.1, 0.15) is 0 Å². The second-order valence-electron chi connectivity index (χ2n) is 5.28. The molecule has 0 radical (unpaired) electrons. The number of carbonyl (C=O) groups is 3. The fraction of sp³-hybridized carbons (Fsp3) is 0.533. The Balaban J connectivity index is 1.81. The Hall–Kier alpha value is -2.51. The van der Waals surface area contributed by atoms with Crippen LogP contribution in [0.25, 0.3) is 0 Å². The zero-order chi connectivity index (χ0) is 16.8. The molecule has 126 valence electrons. The molecule has 0 unspecified atom stereocenters. The minimum absolute atomic E-state index is 0.0255. The summed E-state index contributed by atoms with van der Waals surface area (Å²) in [7, 11) is 0. The molecule has 1 aliphatic heterocycles. The maximum atomic E-state index is 12.1.